The summed E-state index contributed by atoms with van der Waals surface area (Å²) >= 11 is 0. The standard InChI is InChI=1S/C19H25BN2O4S/c1-18(2)19(3,4)26-20(25-18)14-7-6-8-17(13-14)21-15-9-11-16(12-10-15)22-27(5,23)24/h6-13,21-22H,1-5H3. The lowest BCUT2D eigenvalue weighted by Crippen LogP contribution is -2.41. The van der Waals surface area contributed by atoms with Crippen LogP contribution in [-0.4, -0.2) is 33.0 Å². The molecule has 0 atom stereocenters. The Morgan fingerprint density at radius 3 is 1.96 bits per heavy atom. The van der Waals surface area contributed by atoms with Crippen LogP contribution in [0.15, 0.2) is 48.5 Å². The molecule has 1 heterocycles. The average molecular weight is 388 g/mol. The van der Waals surface area contributed by atoms with Crippen molar-refractivity contribution in [3.63, 3.8) is 0 Å². The van der Waals surface area contributed by atoms with Gasteiger partial charge in [0.05, 0.1) is 17.5 Å². The van der Waals surface area contributed by atoms with Crippen LogP contribution < -0.4 is 15.5 Å². The molecule has 0 amide bonds. The minimum atomic E-state index is -3.28. The second-order valence-electron chi connectivity index (χ2n) is 7.79. The van der Waals surface area contributed by atoms with Crippen LogP contribution in [0.25, 0.3) is 0 Å². The maximum absolute atomic E-state index is 11.3. The molecular weight excluding hydrogens is 363 g/mol. The van der Waals surface area contributed by atoms with E-state index in [-0.39, 0.29) is 11.2 Å². The van der Waals surface area contributed by atoms with Gasteiger partial charge in [0.2, 0.25) is 10.0 Å². The van der Waals surface area contributed by atoms with E-state index in [0.29, 0.717) is 5.69 Å². The SMILES string of the molecule is CC1(C)OB(c2cccc(Nc3ccc(NS(C)(=O)=O)cc3)c2)OC1(C)C. The maximum atomic E-state index is 11.3. The summed E-state index contributed by atoms with van der Waals surface area (Å²) in [6.45, 7) is 8.12. The van der Waals surface area contributed by atoms with Gasteiger partial charge in [-0.15, -0.1) is 0 Å². The summed E-state index contributed by atoms with van der Waals surface area (Å²) in [5, 5.41) is 3.31. The van der Waals surface area contributed by atoms with Crippen molar-refractivity contribution in [2.45, 2.75) is 38.9 Å². The van der Waals surface area contributed by atoms with Crippen LogP contribution >= 0.6 is 0 Å². The van der Waals surface area contributed by atoms with Crippen LogP contribution in [-0.2, 0) is 19.3 Å². The van der Waals surface area contributed by atoms with E-state index in [1.165, 1.54) is 0 Å². The summed E-state index contributed by atoms with van der Waals surface area (Å²) in [5.74, 6) is 0. The van der Waals surface area contributed by atoms with Gasteiger partial charge in [0.15, 0.2) is 0 Å². The van der Waals surface area contributed by atoms with Gasteiger partial charge in [0.25, 0.3) is 0 Å². The molecule has 0 unspecified atom stereocenters. The fourth-order valence-corrected chi connectivity index (χ4v) is 3.31. The number of rotatable bonds is 5. The predicted octanol–water partition coefficient (Wildman–Crippen LogP) is 3.10. The van der Waals surface area contributed by atoms with Gasteiger partial charge in [-0.2, -0.15) is 0 Å². The lowest BCUT2D eigenvalue weighted by molar-refractivity contribution is 0.00578. The molecule has 3 rings (SSSR count). The molecule has 0 spiro atoms. The molecule has 1 fully saturated rings. The first kappa shape index (κ1) is 19.7. The summed E-state index contributed by atoms with van der Waals surface area (Å²) in [4.78, 5) is 0. The highest BCUT2D eigenvalue weighted by Gasteiger charge is 2.51. The summed E-state index contributed by atoms with van der Waals surface area (Å²) in [6.07, 6.45) is 1.13. The Bertz CT molecular complexity index is 911. The van der Waals surface area contributed by atoms with Crippen molar-refractivity contribution in [1.29, 1.82) is 0 Å². The smallest absolute Gasteiger partial charge is 0.399 e. The van der Waals surface area contributed by atoms with Gasteiger partial charge in [-0.1, -0.05) is 12.1 Å². The van der Waals surface area contributed by atoms with E-state index in [2.05, 4.69) is 10.0 Å². The Morgan fingerprint density at radius 1 is 0.852 bits per heavy atom. The number of anilines is 3. The zero-order chi connectivity index (χ0) is 19.9. The molecule has 0 aliphatic carbocycles. The van der Waals surface area contributed by atoms with E-state index in [1.54, 1.807) is 12.1 Å². The van der Waals surface area contributed by atoms with Crippen molar-refractivity contribution in [2.24, 2.45) is 0 Å². The first-order chi connectivity index (χ1) is 12.5. The van der Waals surface area contributed by atoms with Crippen molar-refractivity contribution in [1.82, 2.24) is 0 Å². The van der Waals surface area contributed by atoms with Gasteiger partial charge < -0.3 is 14.6 Å². The Hall–Kier alpha value is -2.03. The third-order valence-electron chi connectivity index (χ3n) is 4.89. The molecule has 0 radical (unpaired) electrons. The predicted molar refractivity (Wildman–Crippen MR) is 110 cm³/mol. The first-order valence-corrected chi connectivity index (χ1v) is 10.6. The van der Waals surface area contributed by atoms with Crippen molar-refractivity contribution in [3.05, 3.63) is 48.5 Å². The highest BCUT2D eigenvalue weighted by molar-refractivity contribution is 7.92. The fraction of sp³-hybridized carbons (Fsp3) is 0.368. The Labute approximate surface area is 161 Å². The Morgan fingerprint density at radius 2 is 1.41 bits per heavy atom. The number of hydrogen-bond donors (Lipinski definition) is 2. The van der Waals surface area contributed by atoms with Gasteiger partial charge in [0, 0.05) is 17.1 Å². The summed E-state index contributed by atoms with van der Waals surface area (Å²) < 4.78 is 37.2. The second kappa shape index (κ2) is 6.85. The lowest BCUT2D eigenvalue weighted by Gasteiger charge is -2.32. The summed E-state index contributed by atoms with van der Waals surface area (Å²) in [7, 11) is -3.70. The van der Waals surface area contributed by atoms with E-state index >= 15 is 0 Å². The maximum Gasteiger partial charge on any atom is 0.494 e. The van der Waals surface area contributed by atoms with E-state index in [4.69, 9.17) is 9.31 Å². The van der Waals surface area contributed by atoms with Crippen LogP contribution in [0.1, 0.15) is 27.7 Å². The fourth-order valence-electron chi connectivity index (χ4n) is 2.74. The zero-order valence-corrected chi connectivity index (χ0v) is 17.1. The molecule has 2 aromatic rings. The monoisotopic (exact) mass is 388 g/mol. The zero-order valence-electron chi connectivity index (χ0n) is 16.2. The lowest BCUT2D eigenvalue weighted by atomic mass is 9.79. The highest BCUT2D eigenvalue weighted by Crippen LogP contribution is 2.36. The van der Waals surface area contributed by atoms with Crippen LogP contribution in [0, 0.1) is 0 Å². The molecule has 8 heteroatoms. The third-order valence-corrected chi connectivity index (χ3v) is 5.50. The molecule has 1 aliphatic rings. The molecule has 144 valence electrons. The van der Waals surface area contributed by atoms with Crippen molar-refractivity contribution < 1.29 is 17.7 Å². The molecule has 0 aromatic heterocycles. The molecule has 2 aromatic carbocycles. The third kappa shape index (κ3) is 4.64. The molecule has 0 bridgehead atoms. The molecular formula is C19H25BN2O4S. The van der Waals surface area contributed by atoms with Crippen molar-refractivity contribution in [3.8, 4) is 0 Å². The van der Waals surface area contributed by atoms with E-state index < -0.39 is 17.1 Å². The number of nitrogens with one attached hydrogen (secondary N) is 2. The minimum Gasteiger partial charge on any atom is -0.399 e. The summed E-state index contributed by atoms with van der Waals surface area (Å²) in [5.41, 5.74) is 2.43. The first-order valence-electron chi connectivity index (χ1n) is 8.76. The van der Waals surface area contributed by atoms with E-state index in [1.807, 2.05) is 64.1 Å². The normalized spacial score (nSPS) is 18.3. The van der Waals surface area contributed by atoms with Crippen LogP contribution in [0.3, 0.4) is 0 Å². The largest absolute Gasteiger partial charge is 0.494 e. The molecule has 2 N–H and O–H groups in total. The molecule has 27 heavy (non-hydrogen) atoms. The van der Waals surface area contributed by atoms with E-state index in [9.17, 15) is 8.42 Å². The minimum absolute atomic E-state index is 0.385. The van der Waals surface area contributed by atoms with Crippen molar-refractivity contribution >= 4 is 39.7 Å². The Balaban J connectivity index is 1.73. The second-order valence-corrected chi connectivity index (χ2v) is 9.54. The van der Waals surface area contributed by atoms with Crippen LogP contribution in [0.4, 0.5) is 17.1 Å². The van der Waals surface area contributed by atoms with Gasteiger partial charge >= 0.3 is 7.12 Å². The number of hydrogen-bond acceptors (Lipinski definition) is 5. The van der Waals surface area contributed by atoms with Crippen LogP contribution in [0.5, 0.6) is 0 Å². The van der Waals surface area contributed by atoms with Crippen molar-refractivity contribution in [2.75, 3.05) is 16.3 Å². The number of benzene rings is 2. The number of sulfonamides is 1. The molecule has 1 saturated heterocycles. The topological polar surface area (TPSA) is 76.7 Å². The molecule has 0 saturated carbocycles. The Kier molecular flexibility index (Phi) is 5.01. The van der Waals surface area contributed by atoms with Gasteiger partial charge in [-0.3, -0.25) is 4.72 Å². The van der Waals surface area contributed by atoms with Crippen LogP contribution in [0.2, 0.25) is 0 Å². The quantitative estimate of drug-likeness (QED) is 0.770. The van der Waals surface area contributed by atoms with Gasteiger partial charge in [0.1, 0.15) is 0 Å². The molecule has 1 aliphatic heterocycles. The van der Waals surface area contributed by atoms with E-state index in [0.717, 1.165) is 23.1 Å². The average Bonchev–Trinajstić information content (AvgIpc) is 2.76. The van der Waals surface area contributed by atoms with Gasteiger partial charge in [-0.05, 0) is 69.6 Å². The summed E-state index contributed by atoms with van der Waals surface area (Å²) in [6, 6.07) is 14.9. The van der Waals surface area contributed by atoms with Gasteiger partial charge in [-0.25, -0.2) is 8.42 Å². The molecule has 6 nitrogen and oxygen atoms in total. The highest BCUT2D eigenvalue weighted by atomic mass is 32.2.